The van der Waals surface area contributed by atoms with Gasteiger partial charge in [0.25, 0.3) is 0 Å². The van der Waals surface area contributed by atoms with Crippen molar-refractivity contribution in [1.29, 1.82) is 0 Å². The lowest BCUT2D eigenvalue weighted by molar-refractivity contribution is -0.126. The first kappa shape index (κ1) is 16.4. The van der Waals surface area contributed by atoms with Crippen molar-refractivity contribution in [3.8, 4) is 0 Å². The van der Waals surface area contributed by atoms with Crippen LogP contribution < -0.4 is 10.6 Å². The Bertz CT molecular complexity index is 277. The maximum Gasteiger partial charge on any atom is 0.223 e. The molecule has 0 spiro atoms. The van der Waals surface area contributed by atoms with E-state index in [1.54, 1.807) is 0 Å². The van der Waals surface area contributed by atoms with Crippen molar-refractivity contribution >= 4 is 5.91 Å². The SMILES string of the molecule is CCC(CC)(CCO)CNC(=O)[C@H]1CCN[C@@H](C)C1. The van der Waals surface area contributed by atoms with E-state index in [4.69, 9.17) is 0 Å². The summed E-state index contributed by atoms with van der Waals surface area (Å²) in [5, 5.41) is 15.7. The van der Waals surface area contributed by atoms with Crippen LogP contribution in [0.3, 0.4) is 0 Å². The number of amides is 1. The van der Waals surface area contributed by atoms with Gasteiger partial charge in [-0.25, -0.2) is 0 Å². The van der Waals surface area contributed by atoms with Crippen LogP contribution in [0.5, 0.6) is 0 Å². The molecular weight excluding hydrogens is 240 g/mol. The highest BCUT2D eigenvalue weighted by molar-refractivity contribution is 5.78. The zero-order valence-corrected chi connectivity index (χ0v) is 12.7. The molecule has 0 saturated carbocycles. The number of aliphatic hydroxyl groups is 1. The van der Waals surface area contributed by atoms with E-state index in [1.807, 2.05) is 0 Å². The monoisotopic (exact) mass is 270 g/mol. The van der Waals surface area contributed by atoms with Gasteiger partial charge in [0.1, 0.15) is 0 Å². The van der Waals surface area contributed by atoms with Gasteiger partial charge in [-0.2, -0.15) is 0 Å². The first-order valence-electron chi connectivity index (χ1n) is 7.69. The van der Waals surface area contributed by atoms with Crippen LogP contribution in [0.15, 0.2) is 0 Å². The number of hydrogen-bond acceptors (Lipinski definition) is 3. The highest BCUT2D eigenvalue weighted by atomic mass is 16.3. The lowest BCUT2D eigenvalue weighted by Crippen LogP contribution is -2.45. The second-order valence-corrected chi connectivity index (χ2v) is 5.97. The number of aliphatic hydroxyl groups excluding tert-OH is 1. The maximum atomic E-state index is 12.2. The van der Waals surface area contributed by atoms with Gasteiger partial charge in [-0.3, -0.25) is 4.79 Å². The molecule has 1 saturated heterocycles. The van der Waals surface area contributed by atoms with Gasteiger partial charge in [-0.05, 0) is 51.0 Å². The van der Waals surface area contributed by atoms with Gasteiger partial charge in [0, 0.05) is 25.1 Å². The number of carbonyl (C=O) groups is 1. The largest absolute Gasteiger partial charge is 0.396 e. The van der Waals surface area contributed by atoms with Gasteiger partial charge < -0.3 is 15.7 Å². The minimum Gasteiger partial charge on any atom is -0.396 e. The second kappa shape index (κ2) is 7.85. The maximum absolute atomic E-state index is 12.2. The molecule has 1 heterocycles. The third-order valence-electron chi connectivity index (χ3n) is 4.77. The number of nitrogens with one attached hydrogen (secondary N) is 2. The molecule has 1 aliphatic heterocycles. The van der Waals surface area contributed by atoms with Crippen molar-refractivity contribution in [3.63, 3.8) is 0 Å². The molecule has 0 aromatic heterocycles. The fourth-order valence-electron chi connectivity index (χ4n) is 2.97. The molecule has 1 fully saturated rings. The van der Waals surface area contributed by atoms with E-state index in [0.717, 1.165) is 38.6 Å². The fraction of sp³-hybridized carbons (Fsp3) is 0.933. The summed E-state index contributed by atoms with van der Waals surface area (Å²) < 4.78 is 0. The van der Waals surface area contributed by atoms with Crippen molar-refractivity contribution in [3.05, 3.63) is 0 Å². The van der Waals surface area contributed by atoms with Crippen molar-refractivity contribution in [2.75, 3.05) is 19.7 Å². The lowest BCUT2D eigenvalue weighted by atomic mass is 9.79. The molecule has 3 N–H and O–H groups in total. The Morgan fingerprint density at radius 3 is 2.63 bits per heavy atom. The van der Waals surface area contributed by atoms with Crippen molar-refractivity contribution in [2.45, 2.75) is 58.9 Å². The minimum atomic E-state index is 0.0585. The predicted octanol–water partition coefficient (Wildman–Crippen LogP) is 1.68. The highest BCUT2D eigenvalue weighted by Gasteiger charge is 2.29. The van der Waals surface area contributed by atoms with E-state index in [0.29, 0.717) is 12.6 Å². The number of hydrogen-bond donors (Lipinski definition) is 3. The third kappa shape index (κ3) is 4.77. The average Bonchev–Trinajstić information content (AvgIpc) is 2.43. The van der Waals surface area contributed by atoms with Gasteiger partial charge in [0.05, 0.1) is 0 Å². The molecule has 1 rings (SSSR count). The van der Waals surface area contributed by atoms with Crippen molar-refractivity contribution in [2.24, 2.45) is 11.3 Å². The Balaban J connectivity index is 2.47. The van der Waals surface area contributed by atoms with Gasteiger partial charge in [0.15, 0.2) is 0 Å². The molecule has 1 aliphatic rings. The van der Waals surface area contributed by atoms with Crippen LogP contribution in [0, 0.1) is 11.3 Å². The fourth-order valence-corrected chi connectivity index (χ4v) is 2.97. The third-order valence-corrected chi connectivity index (χ3v) is 4.77. The number of carbonyl (C=O) groups excluding carboxylic acids is 1. The van der Waals surface area contributed by atoms with Gasteiger partial charge >= 0.3 is 0 Å². The molecule has 0 aliphatic carbocycles. The highest BCUT2D eigenvalue weighted by Crippen LogP contribution is 2.29. The zero-order chi connectivity index (χ0) is 14.3. The van der Waals surface area contributed by atoms with Crippen LogP contribution >= 0.6 is 0 Å². The Hall–Kier alpha value is -0.610. The molecule has 19 heavy (non-hydrogen) atoms. The van der Waals surface area contributed by atoms with E-state index >= 15 is 0 Å². The topological polar surface area (TPSA) is 61.4 Å². The molecule has 0 aromatic carbocycles. The summed E-state index contributed by atoms with van der Waals surface area (Å²) >= 11 is 0. The van der Waals surface area contributed by atoms with Crippen LogP contribution in [0.4, 0.5) is 0 Å². The first-order valence-corrected chi connectivity index (χ1v) is 7.69. The van der Waals surface area contributed by atoms with Crippen LogP contribution in [-0.2, 0) is 4.79 Å². The Morgan fingerprint density at radius 1 is 1.42 bits per heavy atom. The molecule has 1 amide bonds. The molecule has 0 aromatic rings. The van der Waals surface area contributed by atoms with E-state index in [2.05, 4.69) is 31.4 Å². The quantitative estimate of drug-likeness (QED) is 0.659. The summed E-state index contributed by atoms with van der Waals surface area (Å²) in [6.07, 6.45) is 4.61. The molecule has 0 unspecified atom stereocenters. The van der Waals surface area contributed by atoms with E-state index in [9.17, 15) is 9.90 Å². The number of piperidine rings is 1. The molecule has 0 radical (unpaired) electrons. The Labute approximate surface area is 117 Å². The van der Waals surface area contributed by atoms with Crippen LogP contribution in [0.25, 0.3) is 0 Å². The van der Waals surface area contributed by atoms with E-state index in [-0.39, 0.29) is 23.8 Å². The van der Waals surface area contributed by atoms with E-state index in [1.165, 1.54) is 0 Å². The molecule has 2 atom stereocenters. The summed E-state index contributed by atoms with van der Waals surface area (Å²) in [5.41, 5.74) is 0.0585. The van der Waals surface area contributed by atoms with Gasteiger partial charge in [-0.1, -0.05) is 13.8 Å². The summed E-state index contributed by atoms with van der Waals surface area (Å²) in [5.74, 6) is 0.342. The summed E-state index contributed by atoms with van der Waals surface area (Å²) in [4.78, 5) is 12.2. The smallest absolute Gasteiger partial charge is 0.223 e. The molecule has 4 nitrogen and oxygen atoms in total. The minimum absolute atomic E-state index is 0.0585. The second-order valence-electron chi connectivity index (χ2n) is 5.97. The molecule has 4 heteroatoms. The van der Waals surface area contributed by atoms with Gasteiger partial charge in [0.2, 0.25) is 5.91 Å². The van der Waals surface area contributed by atoms with E-state index < -0.39 is 0 Å². The van der Waals surface area contributed by atoms with Crippen LogP contribution in [0.2, 0.25) is 0 Å². The summed E-state index contributed by atoms with van der Waals surface area (Å²) in [6, 6.07) is 0.434. The predicted molar refractivity (Wildman–Crippen MR) is 77.9 cm³/mol. The van der Waals surface area contributed by atoms with Crippen molar-refractivity contribution < 1.29 is 9.90 Å². The Morgan fingerprint density at radius 2 is 2.11 bits per heavy atom. The first-order chi connectivity index (χ1) is 9.06. The van der Waals surface area contributed by atoms with Crippen LogP contribution in [0.1, 0.15) is 52.9 Å². The van der Waals surface area contributed by atoms with Crippen molar-refractivity contribution in [1.82, 2.24) is 10.6 Å². The normalized spacial score (nSPS) is 24.2. The average molecular weight is 270 g/mol. The standard InChI is InChI=1S/C15H30N2O2/c1-4-15(5-2,7-9-18)11-17-14(19)13-6-8-16-12(3)10-13/h12-13,16,18H,4-11H2,1-3H3,(H,17,19)/t12-,13-/m0/s1. The lowest BCUT2D eigenvalue weighted by Gasteiger charge is -2.33. The Kier molecular flexibility index (Phi) is 6.80. The summed E-state index contributed by atoms with van der Waals surface area (Å²) in [6.45, 7) is 8.23. The molecule has 112 valence electrons. The zero-order valence-electron chi connectivity index (χ0n) is 12.7. The van der Waals surface area contributed by atoms with Crippen LogP contribution in [-0.4, -0.2) is 36.8 Å². The molecule has 0 bridgehead atoms. The summed E-state index contributed by atoms with van der Waals surface area (Å²) in [7, 11) is 0. The van der Waals surface area contributed by atoms with Gasteiger partial charge in [-0.15, -0.1) is 0 Å². The molecular formula is C15H30N2O2. The number of rotatable bonds is 7.